The van der Waals surface area contributed by atoms with Crippen molar-refractivity contribution in [1.29, 1.82) is 0 Å². The van der Waals surface area contributed by atoms with Crippen molar-refractivity contribution < 1.29 is 4.74 Å². The van der Waals surface area contributed by atoms with Crippen molar-refractivity contribution in [2.45, 2.75) is 46.2 Å². The molecular formula is C16H24N4O. The van der Waals surface area contributed by atoms with Crippen molar-refractivity contribution in [3.63, 3.8) is 0 Å². The summed E-state index contributed by atoms with van der Waals surface area (Å²) in [7, 11) is 1.67. The summed E-state index contributed by atoms with van der Waals surface area (Å²) in [6, 6.07) is 5.89. The fourth-order valence-electron chi connectivity index (χ4n) is 2.41. The highest BCUT2D eigenvalue weighted by atomic mass is 16.5. The lowest BCUT2D eigenvalue weighted by Gasteiger charge is -2.17. The lowest BCUT2D eigenvalue weighted by Crippen LogP contribution is -2.20. The average molecular weight is 288 g/mol. The maximum absolute atomic E-state index is 6.38. The molecule has 5 heteroatoms. The van der Waals surface area contributed by atoms with Gasteiger partial charge in [-0.25, -0.2) is 9.67 Å². The minimum Gasteiger partial charge on any atom is -0.496 e. The highest BCUT2D eigenvalue weighted by molar-refractivity contribution is 5.38. The molecule has 0 amide bonds. The van der Waals surface area contributed by atoms with E-state index in [2.05, 4.69) is 36.9 Å². The molecule has 2 rings (SSSR count). The lowest BCUT2D eigenvalue weighted by atomic mass is 10.0. The highest BCUT2D eigenvalue weighted by Gasteiger charge is 2.16. The molecule has 0 spiro atoms. The summed E-state index contributed by atoms with van der Waals surface area (Å²) in [5.74, 6) is 2.67. The Balaban J connectivity index is 2.27. The van der Waals surface area contributed by atoms with Crippen LogP contribution in [-0.4, -0.2) is 21.9 Å². The van der Waals surface area contributed by atoms with E-state index >= 15 is 0 Å². The summed E-state index contributed by atoms with van der Waals surface area (Å²) < 4.78 is 7.34. The molecule has 114 valence electrons. The molecular weight excluding hydrogens is 264 g/mol. The van der Waals surface area contributed by atoms with Gasteiger partial charge in [-0.05, 0) is 13.0 Å². The normalized spacial score (nSPS) is 12.4. The van der Waals surface area contributed by atoms with Gasteiger partial charge in [0.25, 0.3) is 0 Å². The van der Waals surface area contributed by atoms with Crippen molar-refractivity contribution in [2.75, 3.05) is 7.11 Å². The molecule has 0 radical (unpaired) electrons. The Morgan fingerprint density at radius 1 is 1.29 bits per heavy atom. The Hall–Kier alpha value is -1.88. The molecule has 2 N–H and O–H groups in total. The minimum absolute atomic E-state index is 0.170. The third-order valence-corrected chi connectivity index (χ3v) is 3.58. The van der Waals surface area contributed by atoms with Crippen LogP contribution >= 0.6 is 0 Å². The summed E-state index contributed by atoms with van der Waals surface area (Å²) >= 11 is 0. The van der Waals surface area contributed by atoms with Crippen LogP contribution in [0.4, 0.5) is 0 Å². The SMILES string of the molecule is CCc1nc(CC)n(CC(N)c2cc(C)ccc2OC)n1. The number of nitrogens with two attached hydrogens (primary N) is 1. The van der Waals surface area contributed by atoms with Crippen molar-refractivity contribution in [1.82, 2.24) is 14.8 Å². The van der Waals surface area contributed by atoms with E-state index in [-0.39, 0.29) is 6.04 Å². The van der Waals surface area contributed by atoms with Gasteiger partial charge in [0.05, 0.1) is 19.7 Å². The molecule has 0 saturated carbocycles. The van der Waals surface area contributed by atoms with Gasteiger partial charge in [0.1, 0.15) is 11.6 Å². The molecule has 0 aliphatic carbocycles. The molecule has 0 aliphatic heterocycles. The molecule has 1 unspecified atom stereocenters. The summed E-state index contributed by atoms with van der Waals surface area (Å²) in [6.07, 6.45) is 1.69. The molecule has 1 aromatic carbocycles. The van der Waals surface area contributed by atoms with Crippen LogP contribution in [0.25, 0.3) is 0 Å². The number of aromatic nitrogens is 3. The number of aryl methyl sites for hydroxylation is 3. The third kappa shape index (κ3) is 3.42. The number of hydrogen-bond donors (Lipinski definition) is 1. The maximum atomic E-state index is 6.38. The monoisotopic (exact) mass is 288 g/mol. The van der Waals surface area contributed by atoms with E-state index in [1.807, 2.05) is 16.8 Å². The highest BCUT2D eigenvalue weighted by Crippen LogP contribution is 2.26. The number of rotatable bonds is 6. The van der Waals surface area contributed by atoms with E-state index in [0.29, 0.717) is 6.54 Å². The number of hydrogen-bond acceptors (Lipinski definition) is 4. The van der Waals surface area contributed by atoms with Crippen molar-refractivity contribution in [2.24, 2.45) is 5.73 Å². The van der Waals surface area contributed by atoms with Gasteiger partial charge in [-0.15, -0.1) is 0 Å². The average Bonchev–Trinajstić information content (AvgIpc) is 2.89. The van der Waals surface area contributed by atoms with E-state index < -0.39 is 0 Å². The van der Waals surface area contributed by atoms with Crippen molar-refractivity contribution >= 4 is 0 Å². The lowest BCUT2D eigenvalue weighted by molar-refractivity contribution is 0.399. The van der Waals surface area contributed by atoms with Gasteiger partial charge in [0.15, 0.2) is 5.82 Å². The van der Waals surface area contributed by atoms with E-state index in [0.717, 1.165) is 35.8 Å². The second-order valence-corrected chi connectivity index (χ2v) is 5.19. The number of ether oxygens (including phenoxy) is 1. The molecule has 0 aliphatic rings. The maximum Gasteiger partial charge on any atom is 0.150 e. The first kappa shape index (κ1) is 15.5. The van der Waals surface area contributed by atoms with E-state index in [9.17, 15) is 0 Å². The zero-order chi connectivity index (χ0) is 15.4. The molecule has 0 saturated heterocycles. The Bertz CT molecular complexity index is 606. The van der Waals surface area contributed by atoms with Gasteiger partial charge in [0.2, 0.25) is 0 Å². The predicted octanol–water partition coefficient (Wildman–Crippen LogP) is 2.42. The van der Waals surface area contributed by atoms with Gasteiger partial charge in [-0.2, -0.15) is 5.10 Å². The van der Waals surface area contributed by atoms with Crippen LogP contribution in [0, 0.1) is 6.92 Å². The Morgan fingerprint density at radius 3 is 2.67 bits per heavy atom. The molecule has 1 heterocycles. The topological polar surface area (TPSA) is 66.0 Å². The largest absolute Gasteiger partial charge is 0.496 e. The first-order valence-corrected chi connectivity index (χ1v) is 7.41. The summed E-state index contributed by atoms with van der Waals surface area (Å²) in [5.41, 5.74) is 8.56. The summed E-state index contributed by atoms with van der Waals surface area (Å²) in [5, 5.41) is 4.53. The third-order valence-electron chi connectivity index (χ3n) is 3.58. The van der Waals surface area contributed by atoms with Crippen LogP contribution in [0.5, 0.6) is 5.75 Å². The first-order chi connectivity index (χ1) is 10.1. The summed E-state index contributed by atoms with van der Waals surface area (Å²) in [6.45, 7) is 6.80. The fraction of sp³-hybridized carbons (Fsp3) is 0.500. The van der Waals surface area contributed by atoms with Gasteiger partial charge >= 0.3 is 0 Å². The second-order valence-electron chi connectivity index (χ2n) is 5.19. The van der Waals surface area contributed by atoms with E-state index in [4.69, 9.17) is 10.5 Å². The minimum atomic E-state index is -0.170. The zero-order valence-corrected chi connectivity index (χ0v) is 13.3. The molecule has 1 atom stereocenters. The molecule has 0 fully saturated rings. The zero-order valence-electron chi connectivity index (χ0n) is 13.3. The second kappa shape index (κ2) is 6.72. The number of nitrogens with zero attached hydrogens (tertiary/aromatic N) is 3. The Kier molecular flexibility index (Phi) is 4.96. The van der Waals surface area contributed by atoms with Gasteiger partial charge < -0.3 is 10.5 Å². The molecule has 2 aromatic rings. The smallest absolute Gasteiger partial charge is 0.150 e. The van der Waals surface area contributed by atoms with Crippen LogP contribution in [0.2, 0.25) is 0 Å². The number of benzene rings is 1. The van der Waals surface area contributed by atoms with Crippen molar-refractivity contribution in [3.8, 4) is 5.75 Å². The van der Waals surface area contributed by atoms with Crippen molar-refractivity contribution in [3.05, 3.63) is 41.0 Å². The molecule has 1 aromatic heterocycles. The van der Waals surface area contributed by atoms with Crippen LogP contribution in [0.15, 0.2) is 18.2 Å². The van der Waals surface area contributed by atoms with Crippen LogP contribution < -0.4 is 10.5 Å². The number of methoxy groups -OCH3 is 1. The van der Waals surface area contributed by atoms with Gasteiger partial charge in [-0.3, -0.25) is 0 Å². The van der Waals surface area contributed by atoms with Gasteiger partial charge in [0, 0.05) is 18.4 Å². The van der Waals surface area contributed by atoms with Crippen LogP contribution in [-0.2, 0) is 19.4 Å². The molecule has 0 bridgehead atoms. The van der Waals surface area contributed by atoms with E-state index in [1.165, 1.54) is 5.56 Å². The Morgan fingerprint density at radius 2 is 2.05 bits per heavy atom. The standard InChI is InChI=1S/C16H24N4O/c1-5-15-18-16(6-2)20(19-15)10-13(17)12-9-11(3)7-8-14(12)21-4/h7-9,13H,5-6,10,17H2,1-4H3. The predicted molar refractivity (Wildman–Crippen MR) is 83.4 cm³/mol. The molecule has 21 heavy (non-hydrogen) atoms. The Labute approximate surface area is 126 Å². The van der Waals surface area contributed by atoms with Crippen LogP contribution in [0.3, 0.4) is 0 Å². The first-order valence-electron chi connectivity index (χ1n) is 7.41. The quantitative estimate of drug-likeness (QED) is 0.886. The van der Waals surface area contributed by atoms with Gasteiger partial charge in [-0.1, -0.05) is 31.5 Å². The van der Waals surface area contributed by atoms with Crippen LogP contribution in [0.1, 0.15) is 42.7 Å². The van der Waals surface area contributed by atoms with E-state index in [1.54, 1.807) is 7.11 Å². The fourth-order valence-corrected chi connectivity index (χ4v) is 2.41. The molecule has 5 nitrogen and oxygen atoms in total. The summed E-state index contributed by atoms with van der Waals surface area (Å²) in [4.78, 5) is 4.52.